The predicted octanol–water partition coefficient (Wildman–Crippen LogP) is 2.53. The Kier molecular flexibility index (Phi) is 6.54. The number of benzene rings is 1. The third kappa shape index (κ3) is 4.50. The van der Waals surface area contributed by atoms with Crippen LogP contribution >= 0.6 is 0 Å². The molecule has 7 nitrogen and oxygen atoms in total. The summed E-state index contributed by atoms with van der Waals surface area (Å²) in [6.07, 6.45) is 1.02. The van der Waals surface area contributed by atoms with Crippen LogP contribution < -0.4 is 10.5 Å². The van der Waals surface area contributed by atoms with Crippen LogP contribution in [-0.4, -0.2) is 38.2 Å². The predicted molar refractivity (Wildman–Crippen MR) is 97.5 cm³/mol. The van der Waals surface area contributed by atoms with E-state index in [1.165, 1.54) is 0 Å². The number of anilines is 1. The zero-order valence-electron chi connectivity index (χ0n) is 14.8. The molecule has 0 spiro atoms. The van der Waals surface area contributed by atoms with E-state index in [2.05, 4.69) is 11.5 Å². The van der Waals surface area contributed by atoms with Gasteiger partial charge >= 0.3 is 17.6 Å². The SMILES string of the molecule is C=CC(=O)OCCOC(=O)c1cc(=O)oc2cc(N(CC)CC)ccc12. The summed E-state index contributed by atoms with van der Waals surface area (Å²) in [6.45, 7) is 8.70. The average molecular weight is 359 g/mol. The summed E-state index contributed by atoms with van der Waals surface area (Å²) in [7, 11) is 0. The van der Waals surface area contributed by atoms with E-state index in [1.807, 2.05) is 19.9 Å². The number of rotatable bonds is 8. The van der Waals surface area contributed by atoms with Gasteiger partial charge in [-0.05, 0) is 26.0 Å². The lowest BCUT2D eigenvalue weighted by Crippen LogP contribution is -2.21. The van der Waals surface area contributed by atoms with E-state index in [0.717, 1.165) is 30.9 Å². The van der Waals surface area contributed by atoms with Gasteiger partial charge in [-0.1, -0.05) is 6.58 Å². The molecule has 1 aromatic carbocycles. The van der Waals surface area contributed by atoms with Crippen molar-refractivity contribution in [3.05, 3.63) is 52.9 Å². The molecule has 138 valence electrons. The Bertz CT molecular complexity index is 866. The molecule has 1 aromatic heterocycles. The van der Waals surface area contributed by atoms with Gasteiger partial charge in [0.2, 0.25) is 0 Å². The molecule has 0 aliphatic rings. The maximum Gasteiger partial charge on any atom is 0.339 e. The fourth-order valence-electron chi connectivity index (χ4n) is 2.52. The minimum atomic E-state index is -0.687. The van der Waals surface area contributed by atoms with Crippen molar-refractivity contribution in [2.24, 2.45) is 0 Å². The topological polar surface area (TPSA) is 86.0 Å². The van der Waals surface area contributed by atoms with Crippen molar-refractivity contribution in [1.29, 1.82) is 0 Å². The van der Waals surface area contributed by atoms with Crippen molar-refractivity contribution < 1.29 is 23.5 Å². The molecule has 0 atom stereocenters. The fourth-order valence-corrected chi connectivity index (χ4v) is 2.52. The van der Waals surface area contributed by atoms with Crippen LogP contribution in [0.2, 0.25) is 0 Å². The van der Waals surface area contributed by atoms with Crippen LogP contribution in [0.5, 0.6) is 0 Å². The van der Waals surface area contributed by atoms with Crippen molar-refractivity contribution in [2.75, 3.05) is 31.2 Å². The third-order valence-electron chi connectivity index (χ3n) is 3.80. The minimum absolute atomic E-state index is 0.0952. The first-order valence-corrected chi connectivity index (χ1v) is 8.29. The molecule has 0 saturated heterocycles. The number of fused-ring (bicyclic) bond motifs is 1. The number of hydrogen-bond donors (Lipinski definition) is 0. The second kappa shape index (κ2) is 8.84. The van der Waals surface area contributed by atoms with E-state index in [1.54, 1.807) is 12.1 Å². The molecule has 0 N–H and O–H groups in total. The molecular weight excluding hydrogens is 338 g/mol. The Morgan fingerprint density at radius 3 is 2.50 bits per heavy atom. The van der Waals surface area contributed by atoms with Crippen LogP contribution in [0.25, 0.3) is 11.0 Å². The van der Waals surface area contributed by atoms with E-state index in [9.17, 15) is 14.4 Å². The second-order valence-corrected chi connectivity index (χ2v) is 5.34. The van der Waals surface area contributed by atoms with E-state index in [-0.39, 0.29) is 18.8 Å². The summed E-state index contributed by atoms with van der Waals surface area (Å²) in [5.41, 5.74) is 0.677. The van der Waals surface area contributed by atoms with Crippen molar-refractivity contribution in [1.82, 2.24) is 0 Å². The molecule has 0 amide bonds. The first kappa shape index (κ1) is 19.2. The monoisotopic (exact) mass is 359 g/mol. The smallest absolute Gasteiger partial charge is 0.339 e. The number of esters is 2. The molecule has 0 unspecified atom stereocenters. The molecular formula is C19H21NO6. The van der Waals surface area contributed by atoms with Crippen molar-refractivity contribution in [2.45, 2.75) is 13.8 Å². The zero-order chi connectivity index (χ0) is 19.1. The van der Waals surface area contributed by atoms with Gasteiger partial charge in [0.25, 0.3) is 0 Å². The molecule has 1 heterocycles. The first-order chi connectivity index (χ1) is 12.5. The van der Waals surface area contributed by atoms with E-state index in [0.29, 0.717) is 11.0 Å². The molecule has 0 radical (unpaired) electrons. The Morgan fingerprint density at radius 1 is 1.15 bits per heavy atom. The Morgan fingerprint density at radius 2 is 1.85 bits per heavy atom. The highest BCUT2D eigenvalue weighted by Gasteiger charge is 2.16. The molecule has 7 heteroatoms. The average Bonchev–Trinajstić information content (AvgIpc) is 2.64. The molecule has 26 heavy (non-hydrogen) atoms. The third-order valence-corrected chi connectivity index (χ3v) is 3.80. The summed E-state index contributed by atoms with van der Waals surface area (Å²) in [6, 6.07) is 6.40. The molecule has 0 saturated carbocycles. The van der Waals surface area contributed by atoms with E-state index < -0.39 is 17.6 Å². The van der Waals surface area contributed by atoms with Crippen LogP contribution in [0.15, 0.2) is 46.1 Å². The van der Waals surface area contributed by atoms with Crippen molar-refractivity contribution in [3.63, 3.8) is 0 Å². The van der Waals surface area contributed by atoms with Gasteiger partial charge in [-0.25, -0.2) is 14.4 Å². The first-order valence-electron chi connectivity index (χ1n) is 8.29. The number of ether oxygens (including phenoxy) is 2. The summed E-state index contributed by atoms with van der Waals surface area (Å²) in [5.74, 6) is -1.29. The summed E-state index contributed by atoms with van der Waals surface area (Å²) >= 11 is 0. The lowest BCUT2D eigenvalue weighted by Gasteiger charge is -2.21. The van der Waals surface area contributed by atoms with Gasteiger partial charge in [-0.2, -0.15) is 0 Å². The maximum absolute atomic E-state index is 12.3. The highest BCUT2D eigenvalue weighted by Crippen LogP contribution is 2.24. The molecule has 2 rings (SSSR count). The number of hydrogen-bond acceptors (Lipinski definition) is 7. The van der Waals surface area contributed by atoms with Crippen LogP contribution in [-0.2, 0) is 14.3 Å². The van der Waals surface area contributed by atoms with Crippen molar-refractivity contribution >= 4 is 28.6 Å². The highest BCUT2D eigenvalue weighted by atomic mass is 16.6. The Hall–Kier alpha value is -3.09. The lowest BCUT2D eigenvalue weighted by atomic mass is 10.1. The van der Waals surface area contributed by atoms with Crippen LogP contribution in [0.4, 0.5) is 5.69 Å². The molecule has 0 aliphatic carbocycles. The van der Waals surface area contributed by atoms with E-state index in [4.69, 9.17) is 13.9 Å². The van der Waals surface area contributed by atoms with Gasteiger partial charge in [-0.3, -0.25) is 0 Å². The standard InChI is InChI=1S/C19H21NO6/c1-4-17(21)24-9-10-25-19(23)15-12-18(22)26-16-11-13(7-8-14(15)16)20(5-2)6-3/h4,7-8,11-12H,1,5-6,9-10H2,2-3H3. The largest absolute Gasteiger partial charge is 0.459 e. The van der Waals surface area contributed by atoms with Gasteiger partial charge in [0.05, 0.1) is 5.56 Å². The Labute approximate surface area is 150 Å². The van der Waals surface area contributed by atoms with Gasteiger partial charge in [0, 0.05) is 42.4 Å². The highest BCUT2D eigenvalue weighted by molar-refractivity contribution is 6.03. The van der Waals surface area contributed by atoms with E-state index >= 15 is 0 Å². The van der Waals surface area contributed by atoms with Crippen LogP contribution in [0.1, 0.15) is 24.2 Å². The zero-order valence-corrected chi connectivity index (χ0v) is 14.8. The van der Waals surface area contributed by atoms with Gasteiger partial charge < -0.3 is 18.8 Å². The van der Waals surface area contributed by atoms with Crippen LogP contribution in [0, 0.1) is 0 Å². The summed E-state index contributed by atoms with van der Waals surface area (Å²) < 4.78 is 15.0. The number of nitrogens with zero attached hydrogens (tertiary/aromatic N) is 1. The normalized spacial score (nSPS) is 10.4. The quantitative estimate of drug-likeness (QED) is 0.310. The molecule has 0 aliphatic heterocycles. The number of carbonyl (C=O) groups is 2. The molecule has 0 fully saturated rings. The summed E-state index contributed by atoms with van der Waals surface area (Å²) in [4.78, 5) is 37.1. The lowest BCUT2D eigenvalue weighted by molar-refractivity contribution is -0.138. The van der Waals surface area contributed by atoms with Crippen LogP contribution in [0.3, 0.4) is 0 Å². The molecule has 0 bridgehead atoms. The van der Waals surface area contributed by atoms with Gasteiger partial charge in [-0.15, -0.1) is 0 Å². The molecule has 2 aromatic rings. The fraction of sp³-hybridized carbons (Fsp3) is 0.316. The van der Waals surface area contributed by atoms with Gasteiger partial charge in [0.1, 0.15) is 18.8 Å². The second-order valence-electron chi connectivity index (χ2n) is 5.34. The number of carbonyl (C=O) groups excluding carboxylic acids is 2. The summed E-state index contributed by atoms with van der Waals surface area (Å²) in [5, 5.41) is 0.480. The maximum atomic E-state index is 12.3. The Balaban J connectivity index is 2.24. The van der Waals surface area contributed by atoms with Gasteiger partial charge in [0.15, 0.2) is 0 Å². The van der Waals surface area contributed by atoms with Crippen molar-refractivity contribution in [3.8, 4) is 0 Å². The minimum Gasteiger partial charge on any atom is -0.459 e.